The van der Waals surface area contributed by atoms with E-state index in [0.29, 0.717) is 27.8 Å². The molecule has 0 fully saturated rings. The van der Waals surface area contributed by atoms with E-state index in [9.17, 15) is 4.79 Å². The topological polar surface area (TPSA) is 47.6 Å². The van der Waals surface area contributed by atoms with Crippen LogP contribution in [0.2, 0.25) is 5.02 Å². The quantitative estimate of drug-likeness (QED) is 0.931. The van der Waals surface area contributed by atoms with Crippen LogP contribution in [0.1, 0.15) is 15.9 Å². The summed E-state index contributed by atoms with van der Waals surface area (Å²) in [6, 6.07) is 10.5. The summed E-state index contributed by atoms with van der Waals surface area (Å²) < 4.78 is 10.5. The number of rotatable bonds is 4. The number of anilines is 1. The molecule has 0 atom stereocenters. The third-order valence-electron chi connectivity index (χ3n) is 3.10. The molecule has 0 radical (unpaired) electrons. The molecule has 5 heteroatoms. The summed E-state index contributed by atoms with van der Waals surface area (Å²) in [5.41, 5.74) is 1.99. The minimum Gasteiger partial charge on any atom is -0.493 e. The van der Waals surface area contributed by atoms with E-state index in [1.165, 1.54) is 14.2 Å². The van der Waals surface area contributed by atoms with Crippen LogP contribution in [0.15, 0.2) is 36.4 Å². The Hall–Kier alpha value is -2.20. The van der Waals surface area contributed by atoms with Crippen LogP contribution in [-0.2, 0) is 0 Å². The standard InChI is InChI=1S/C16H16ClNO3/c1-10-7-8-11(17)9-13(10)18-16(19)12-5-4-6-14(20-2)15(12)21-3/h4-9H,1-3H3,(H,18,19). The third kappa shape index (κ3) is 3.28. The van der Waals surface area contributed by atoms with Crippen LogP contribution < -0.4 is 14.8 Å². The molecule has 110 valence electrons. The molecular weight excluding hydrogens is 290 g/mol. The van der Waals surface area contributed by atoms with Crippen molar-refractivity contribution in [1.29, 1.82) is 0 Å². The Morgan fingerprint density at radius 1 is 1.14 bits per heavy atom. The second kappa shape index (κ2) is 6.50. The van der Waals surface area contributed by atoms with E-state index >= 15 is 0 Å². The molecule has 0 aliphatic rings. The molecule has 0 spiro atoms. The van der Waals surface area contributed by atoms with Crippen molar-refractivity contribution in [2.75, 3.05) is 19.5 Å². The maximum absolute atomic E-state index is 12.4. The number of methoxy groups -OCH3 is 2. The molecular formula is C16H16ClNO3. The van der Waals surface area contributed by atoms with Crippen LogP contribution in [-0.4, -0.2) is 20.1 Å². The average molecular weight is 306 g/mol. The number of para-hydroxylation sites is 1. The number of aryl methyl sites for hydroxylation is 1. The lowest BCUT2D eigenvalue weighted by atomic mass is 10.1. The molecule has 21 heavy (non-hydrogen) atoms. The minimum absolute atomic E-state index is 0.281. The lowest BCUT2D eigenvalue weighted by Gasteiger charge is -2.13. The molecule has 1 N–H and O–H groups in total. The first-order valence-corrected chi connectivity index (χ1v) is 6.73. The van der Waals surface area contributed by atoms with Gasteiger partial charge in [0.1, 0.15) is 0 Å². The molecule has 2 aromatic carbocycles. The molecule has 0 aliphatic heterocycles. The summed E-state index contributed by atoms with van der Waals surface area (Å²) in [4.78, 5) is 12.4. The third-order valence-corrected chi connectivity index (χ3v) is 3.33. The number of ether oxygens (including phenoxy) is 2. The van der Waals surface area contributed by atoms with Crippen molar-refractivity contribution in [3.63, 3.8) is 0 Å². The van der Waals surface area contributed by atoms with E-state index in [4.69, 9.17) is 21.1 Å². The van der Waals surface area contributed by atoms with Crippen molar-refractivity contribution in [1.82, 2.24) is 0 Å². The molecule has 0 unspecified atom stereocenters. The Morgan fingerprint density at radius 2 is 1.90 bits per heavy atom. The van der Waals surface area contributed by atoms with Gasteiger partial charge in [0.25, 0.3) is 5.91 Å². The van der Waals surface area contributed by atoms with Gasteiger partial charge in [-0.15, -0.1) is 0 Å². The van der Waals surface area contributed by atoms with E-state index in [2.05, 4.69) is 5.32 Å². The first kappa shape index (κ1) is 15.2. The zero-order valence-corrected chi connectivity index (χ0v) is 12.8. The SMILES string of the molecule is COc1cccc(C(=O)Nc2cc(Cl)ccc2C)c1OC. The largest absolute Gasteiger partial charge is 0.493 e. The van der Waals surface area contributed by atoms with E-state index < -0.39 is 0 Å². The molecule has 0 aliphatic carbocycles. The fraction of sp³-hybridized carbons (Fsp3) is 0.188. The van der Waals surface area contributed by atoms with Crippen molar-refractivity contribution >= 4 is 23.2 Å². The number of benzene rings is 2. The summed E-state index contributed by atoms with van der Waals surface area (Å²) in [5, 5.41) is 3.40. The molecule has 0 bridgehead atoms. The predicted octanol–water partition coefficient (Wildman–Crippen LogP) is 3.92. The summed E-state index contributed by atoms with van der Waals surface area (Å²) >= 11 is 5.96. The molecule has 1 amide bonds. The van der Waals surface area contributed by atoms with Gasteiger partial charge in [-0.2, -0.15) is 0 Å². The number of hydrogen-bond donors (Lipinski definition) is 1. The van der Waals surface area contributed by atoms with Gasteiger partial charge in [-0.25, -0.2) is 0 Å². The zero-order valence-electron chi connectivity index (χ0n) is 12.1. The maximum Gasteiger partial charge on any atom is 0.259 e. The highest BCUT2D eigenvalue weighted by atomic mass is 35.5. The summed E-state index contributed by atoms with van der Waals surface area (Å²) in [6.07, 6.45) is 0. The lowest BCUT2D eigenvalue weighted by Crippen LogP contribution is -2.14. The Balaban J connectivity index is 2.35. The highest BCUT2D eigenvalue weighted by Gasteiger charge is 2.17. The van der Waals surface area contributed by atoms with Crippen molar-refractivity contribution in [2.24, 2.45) is 0 Å². The van der Waals surface area contributed by atoms with Gasteiger partial charge in [0.2, 0.25) is 0 Å². The van der Waals surface area contributed by atoms with Gasteiger partial charge in [-0.1, -0.05) is 23.7 Å². The monoisotopic (exact) mass is 305 g/mol. The van der Waals surface area contributed by atoms with Crippen molar-refractivity contribution in [3.8, 4) is 11.5 Å². The van der Waals surface area contributed by atoms with Crippen LogP contribution in [0.5, 0.6) is 11.5 Å². The number of nitrogens with one attached hydrogen (secondary N) is 1. The molecule has 2 aromatic rings. The number of carbonyl (C=O) groups is 1. The number of halogens is 1. The summed E-state index contributed by atoms with van der Waals surface area (Å²) in [6.45, 7) is 1.90. The first-order chi connectivity index (χ1) is 10.1. The van der Waals surface area contributed by atoms with Crippen LogP contribution in [0.25, 0.3) is 0 Å². The van der Waals surface area contributed by atoms with Crippen molar-refractivity contribution in [2.45, 2.75) is 6.92 Å². The summed E-state index contributed by atoms with van der Waals surface area (Å²) in [5.74, 6) is 0.626. The van der Waals surface area contributed by atoms with E-state index in [1.54, 1.807) is 30.3 Å². The normalized spacial score (nSPS) is 10.1. The minimum atomic E-state index is -0.281. The predicted molar refractivity (Wildman–Crippen MR) is 83.7 cm³/mol. The van der Waals surface area contributed by atoms with Gasteiger partial charge in [-0.3, -0.25) is 4.79 Å². The molecule has 0 heterocycles. The Bertz CT molecular complexity index is 671. The fourth-order valence-corrected chi connectivity index (χ4v) is 2.16. The molecule has 0 saturated heterocycles. The Kier molecular flexibility index (Phi) is 4.70. The van der Waals surface area contributed by atoms with Crippen LogP contribution in [0.3, 0.4) is 0 Å². The molecule has 0 saturated carbocycles. The number of carbonyl (C=O) groups excluding carboxylic acids is 1. The fourth-order valence-electron chi connectivity index (χ4n) is 1.98. The van der Waals surface area contributed by atoms with Crippen molar-refractivity contribution < 1.29 is 14.3 Å². The maximum atomic E-state index is 12.4. The second-order valence-electron chi connectivity index (χ2n) is 4.45. The second-order valence-corrected chi connectivity index (χ2v) is 4.89. The van der Waals surface area contributed by atoms with Gasteiger partial charge in [-0.05, 0) is 36.8 Å². The van der Waals surface area contributed by atoms with E-state index in [1.807, 2.05) is 13.0 Å². The van der Waals surface area contributed by atoms with E-state index in [0.717, 1.165) is 5.56 Å². The lowest BCUT2D eigenvalue weighted by molar-refractivity contribution is 0.102. The van der Waals surface area contributed by atoms with Gasteiger partial charge in [0.05, 0.1) is 19.8 Å². The number of amides is 1. The van der Waals surface area contributed by atoms with Crippen LogP contribution in [0, 0.1) is 6.92 Å². The van der Waals surface area contributed by atoms with E-state index in [-0.39, 0.29) is 5.91 Å². The van der Waals surface area contributed by atoms with Crippen molar-refractivity contribution in [3.05, 3.63) is 52.5 Å². The molecule has 2 rings (SSSR count). The van der Waals surface area contributed by atoms with Gasteiger partial charge >= 0.3 is 0 Å². The number of hydrogen-bond acceptors (Lipinski definition) is 3. The smallest absolute Gasteiger partial charge is 0.259 e. The highest BCUT2D eigenvalue weighted by Crippen LogP contribution is 2.31. The van der Waals surface area contributed by atoms with Gasteiger partial charge in [0, 0.05) is 10.7 Å². The van der Waals surface area contributed by atoms with Crippen LogP contribution >= 0.6 is 11.6 Å². The van der Waals surface area contributed by atoms with Gasteiger partial charge in [0.15, 0.2) is 11.5 Å². The van der Waals surface area contributed by atoms with Gasteiger partial charge < -0.3 is 14.8 Å². The zero-order chi connectivity index (χ0) is 15.4. The molecule has 4 nitrogen and oxygen atoms in total. The Morgan fingerprint density at radius 3 is 2.57 bits per heavy atom. The first-order valence-electron chi connectivity index (χ1n) is 6.35. The Labute approximate surface area is 128 Å². The average Bonchev–Trinajstić information content (AvgIpc) is 2.49. The summed E-state index contributed by atoms with van der Waals surface area (Å²) in [7, 11) is 3.03. The molecule has 0 aromatic heterocycles. The van der Waals surface area contributed by atoms with Crippen LogP contribution in [0.4, 0.5) is 5.69 Å². The highest BCUT2D eigenvalue weighted by molar-refractivity contribution is 6.31.